The largest absolute Gasteiger partial charge is 0.323 e. The third kappa shape index (κ3) is 3.77. The van der Waals surface area contributed by atoms with Crippen LogP contribution in [-0.4, -0.2) is 29.1 Å². The minimum atomic E-state index is -1.07. The maximum Gasteiger partial charge on any atom is 0.323 e. The average Bonchev–Trinajstić information content (AvgIpc) is 3.33. The van der Waals surface area contributed by atoms with E-state index in [1.165, 1.54) is 11.8 Å². The molecule has 5 rings (SSSR count). The first kappa shape index (κ1) is 21.9. The summed E-state index contributed by atoms with van der Waals surface area (Å²) in [6.07, 6.45) is 0. The number of nitrogens with zero attached hydrogens (tertiary/aromatic N) is 2. The Balaban J connectivity index is 1.53. The van der Waals surface area contributed by atoms with Crippen LogP contribution in [0.3, 0.4) is 0 Å². The highest BCUT2D eigenvalue weighted by Crippen LogP contribution is 2.54. The summed E-state index contributed by atoms with van der Waals surface area (Å²) in [5, 5.41) is 3.54. The Morgan fingerprint density at radius 3 is 2.58 bits per heavy atom. The molecule has 3 aromatic rings. The van der Waals surface area contributed by atoms with Crippen molar-refractivity contribution in [2.45, 2.75) is 25.3 Å². The molecule has 1 unspecified atom stereocenters. The van der Waals surface area contributed by atoms with E-state index in [0.29, 0.717) is 29.6 Å². The third-order valence-electron chi connectivity index (χ3n) is 6.11. The van der Waals surface area contributed by atoms with Crippen LogP contribution in [0.5, 0.6) is 0 Å². The number of carbonyl (C=O) groups excluding carboxylic acids is 2. The molecule has 1 saturated heterocycles. The summed E-state index contributed by atoms with van der Waals surface area (Å²) in [4.78, 5) is 29.9. The van der Waals surface area contributed by atoms with Crippen molar-refractivity contribution in [3.63, 3.8) is 0 Å². The second-order valence-corrected chi connectivity index (χ2v) is 10.2. The van der Waals surface area contributed by atoms with Crippen LogP contribution >= 0.6 is 23.4 Å². The fourth-order valence-corrected chi connectivity index (χ4v) is 6.18. The third-order valence-corrected chi connectivity index (χ3v) is 7.78. The van der Waals surface area contributed by atoms with Gasteiger partial charge in [0.05, 0.1) is 12.2 Å². The van der Waals surface area contributed by atoms with Crippen LogP contribution in [0.15, 0.2) is 66.7 Å². The zero-order valence-electron chi connectivity index (χ0n) is 18.5. The van der Waals surface area contributed by atoms with Crippen LogP contribution in [0.4, 0.5) is 16.2 Å². The van der Waals surface area contributed by atoms with Crippen LogP contribution < -0.4 is 10.2 Å². The highest BCUT2D eigenvalue weighted by atomic mass is 35.5. The van der Waals surface area contributed by atoms with Gasteiger partial charge in [0.2, 0.25) is 0 Å². The van der Waals surface area contributed by atoms with Crippen LogP contribution in [0.1, 0.15) is 22.3 Å². The first-order chi connectivity index (χ1) is 15.9. The van der Waals surface area contributed by atoms with Crippen molar-refractivity contribution in [1.29, 1.82) is 0 Å². The van der Waals surface area contributed by atoms with Gasteiger partial charge < -0.3 is 10.2 Å². The molecule has 0 radical (unpaired) electrons. The number of fused-ring (bicyclic) bond motifs is 2. The highest BCUT2D eigenvalue weighted by molar-refractivity contribution is 8.01. The predicted octanol–water partition coefficient (Wildman–Crippen LogP) is 5.94. The Labute approximate surface area is 202 Å². The molecule has 2 heterocycles. The van der Waals surface area contributed by atoms with E-state index in [1.54, 1.807) is 29.2 Å². The quantitative estimate of drug-likeness (QED) is 0.508. The lowest BCUT2D eigenvalue weighted by Gasteiger charge is -2.33. The summed E-state index contributed by atoms with van der Waals surface area (Å²) in [6, 6.07) is 20.9. The molecule has 2 aliphatic rings. The summed E-state index contributed by atoms with van der Waals surface area (Å²) >= 11 is 7.51. The molecular formula is C26H24ClN3O2S. The van der Waals surface area contributed by atoms with Crippen LogP contribution in [0.2, 0.25) is 5.02 Å². The normalized spacial score (nSPS) is 19.3. The Morgan fingerprint density at radius 2 is 1.82 bits per heavy atom. The van der Waals surface area contributed by atoms with Gasteiger partial charge >= 0.3 is 6.03 Å². The van der Waals surface area contributed by atoms with Gasteiger partial charge in [-0.15, -0.1) is 11.8 Å². The number of aryl methyl sites for hydroxylation is 2. The number of hydrogen-bond donors (Lipinski definition) is 1. The van der Waals surface area contributed by atoms with E-state index in [4.69, 9.17) is 11.6 Å². The molecule has 1 fully saturated rings. The van der Waals surface area contributed by atoms with E-state index in [1.807, 2.05) is 55.1 Å². The second-order valence-electron chi connectivity index (χ2n) is 8.48. The summed E-state index contributed by atoms with van der Waals surface area (Å²) in [5.74, 6) is 0.615. The maximum atomic E-state index is 14.1. The summed E-state index contributed by atoms with van der Waals surface area (Å²) in [6.45, 7) is 5.01. The van der Waals surface area contributed by atoms with Gasteiger partial charge in [-0.1, -0.05) is 59.1 Å². The average molecular weight is 478 g/mol. The molecule has 7 heteroatoms. The van der Waals surface area contributed by atoms with Gasteiger partial charge in [-0.2, -0.15) is 0 Å². The van der Waals surface area contributed by atoms with E-state index < -0.39 is 4.87 Å². The summed E-state index contributed by atoms with van der Waals surface area (Å²) in [5.41, 5.74) is 5.66. The molecule has 0 aliphatic carbocycles. The minimum absolute atomic E-state index is 0.0710. The van der Waals surface area contributed by atoms with Gasteiger partial charge in [0.25, 0.3) is 5.91 Å². The van der Waals surface area contributed by atoms with Crippen molar-refractivity contribution < 1.29 is 9.59 Å². The summed E-state index contributed by atoms with van der Waals surface area (Å²) < 4.78 is 0. The first-order valence-corrected chi connectivity index (χ1v) is 12.2. The van der Waals surface area contributed by atoms with E-state index in [-0.39, 0.29) is 11.9 Å². The fraction of sp³-hybridized carbons (Fsp3) is 0.231. The van der Waals surface area contributed by atoms with E-state index in [0.717, 1.165) is 27.9 Å². The molecule has 0 aromatic heterocycles. The lowest BCUT2D eigenvalue weighted by molar-refractivity contribution is -0.123. The number of halogens is 1. The lowest BCUT2D eigenvalue weighted by Crippen LogP contribution is -2.51. The Bertz CT molecular complexity index is 1250. The van der Waals surface area contributed by atoms with Crippen LogP contribution in [0, 0.1) is 13.8 Å². The van der Waals surface area contributed by atoms with Gasteiger partial charge in [0.15, 0.2) is 4.87 Å². The number of rotatable bonds is 3. The predicted molar refractivity (Wildman–Crippen MR) is 135 cm³/mol. The number of carbonyl (C=O) groups is 2. The fourth-order valence-electron chi connectivity index (χ4n) is 4.60. The van der Waals surface area contributed by atoms with Gasteiger partial charge in [0, 0.05) is 28.6 Å². The molecule has 2 aliphatic heterocycles. The topological polar surface area (TPSA) is 52.7 Å². The molecule has 0 bridgehead atoms. The number of hydrogen-bond acceptors (Lipinski definition) is 3. The molecule has 0 saturated carbocycles. The van der Waals surface area contributed by atoms with Crippen molar-refractivity contribution in [1.82, 2.24) is 4.90 Å². The molecule has 3 amide bonds. The molecule has 1 N–H and O–H groups in total. The number of benzene rings is 3. The number of thioether (sulfide) groups is 1. The number of amides is 3. The van der Waals surface area contributed by atoms with E-state index in [2.05, 4.69) is 11.4 Å². The molecule has 5 nitrogen and oxygen atoms in total. The van der Waals surface area contributed by atoms with Crippen molar-refractivity contribution in [3.05, 3.63) is 94.0 Å². The van der Waals surface area contributed by atoms with E-state index in [9.17, 15) is 9.59 Å². The molecule has 168 valence electrons. The smallest absolute Gasteiger partial charge is 0.308 e. The Hall–Kier alpha value is -2.96. The molecule has 33 heavy (non-hydrogen) atoms. The molecule has 1 spiro atoms. The molecule has 1 atom stereocenters. The van der Waals surface area contributed by atoms with Crippen molar-refractivity contribution >= 4 is 46.7 Å². The van der Waals surface area contributed by atoms with Gasteiger partial charge in [-0.25, -0.2) is 4.79 Å². The van der Waals surface area contributed by atoms with Crippen LogP contribution in [-0.2, 0) is 16.2 Å². The van der Waals surface area contributed by atoms with Crippen molar-refractivity contribution in [2.75, 3.05) is 22.5 Å². The Morgan fingerprint density at radius 1 is 1.06 bits per heavy atom. The zero-order valence-corrected chi connectivity index (χ0v) is 20.0. The lowest BCUT2D eigenvalue weighted by atomic mass is 10.0. The number of anilines is 2. The Kier molecular flexibility index (Phi) is 5.59. The van der Waals surface area contributed by atoms with Crippen molar-refractivity contribution in [3.8, 4) is 0 Å². The van der Waals surface area contributed by atoms with E-state index >= 15 is 0 Å². The summed E-state index contributed by atoms with van der Waals surface area (Å²) in [7, 11) is 0. The zero-order chi connectivity index (χ0) is 23.2. The molecule has 3 aromatic carbocycles. The number of nitrogens with one attached hydrogen (secondary N) is 1. The molecular weight excluding hydrogens is 454 g/mol. The standard InChI is InChI=1S/C26H24ClN3O2S/c1-17-4-3-5-19(14-17)16-29-23-11-6-18(2)15-22(23)26(24(29)31)30(12-13-33-26)25(32)28-21-9-7-20(27)8-10-21/h3-11,14-15H,12-13,16H2,1-2H3,(H,28,32). The minimum Gasteiger partial charge on any atom is -0.308 e. The maximum absolute atomic E-state index is 14.1. The number of urea groups is 1. The highest BCUT2D eigenvalue weighted by Gasteiger charge is 2.59. The monoisotopic (exact) mass is 477 g/mol. The van der Waals surface area contributed by atoms with Crippen LogP contribution in [0.25, 0.3) is 0 Å². The van der Waals surface area contributed by atoms with Crippen molar-refractivity contribution in [2.24, 2.45) is 0 Å². The first-order valence-electron chi connectivity index (χ1n) is 10.9. The van der Waals surface area contributed by atoms with Gasteiger partial charge in [0.1, 0.15) is 0 Å². The van der Waals surface area contributed by atoms with Gasteiger partial charge in [-0.05, 0) is 49.7 Å². The van der Waals surface area contributed by atoms with Gasteiger partial charge in [-0.3, -0.25) is 9.69 Å². The SMILES string of the molecule is Cc1cccc(CN2C(=O)C3(SCCN3C(=O)Nc3ccc(Cl)cc3)c3cc(C)ccc32)c1. The second kappa shape index (κ2) is 8.43.